The van der Waals surface area contributed by atoms with Crippen molar-refractivity contribution in [1.82, 2.24) is 19.6 Å². The van der Waals surface area contributed by atoms with Crippen LogP contribution < -0.4 is 0 Å². The predicted molar refractivity (Wildman–Crippen MR) is 119 cm³/mol. The van der Waals surface area contributed by atoms with Crippen LogP contribution in [-0.4, -0.2) is 54.3 Å². The van der Waals surface area contributed by atoms with Crippen LogP contribution in [0, 0.1) is 0 Å². The minimum atomic E-state index is -0.648. The monoisotopic (exact) mass is 647 g/mol. The number of hydrogen-bond acceptors (Lipinski definition) is 8. The van der Waals surface area contributed by atoms with Crippen LogP contribution in [0.1, 0.15) is 46.4 Å². The molecule has 8 aliphatic heterocycles. The zero-order chi connectivity index (χ0) is 22.4. The van der Waals surface area contributed by atoms with Crippen LogP contribution in [0.2, 0.25) is 0 Å². The fraction of sp³-hybridized carbons (Fsp3) is 0.308. The predicted octanol–water partition coefficient (Wildman–Crippen LogP) is 2.44. The summed E-state index contributed by atoms with van der Waals surface area (Å²) in [5.74, 6) is 3.52. The van der Waals surface area contributed by atoms with Gasteiger partial charge in [0.15, 0.2) is 0 Å². The van der Waals surface area contributed by atoms with Gasteiger partial charge in [0.1, 0.15) is 0 Å². The quantitative estimate of drug-likeness (QED) is 0.433. The zero-order valence-electron chi connectivity index (χ0n) is 18.5. The number of fused-ring (bicyclic) bond motifs is 8. The van der Waals surface area contributed by atoms with Crippen molar-refractivity contribution >= 4 is 8.29 Å². The molecule has 8 nitrogen and oxygen atoms in total. The van der Waals surface area contributed by atoms with E-state index >= 15 is 0 Å². The van der Waals surface area contributed by atoms with Gasteiger partial charge >= 0.3 is 209 Å². The van der Waals surface area contributed by atoms with Crippen molar-refractivity contribution in [2.45, 2.75) is 24.2 Å². The zero-order valence-corrected chi connectivity index (χ0v) is 20.8. The SMILES string of the molecule is c1cc2cc(c1)C1COC3=C4OCC5c6cccc(c6)C6COC7=C8OCC2N8[C](=[Pt]=[C](N31)N45)N76. The van der Waals surface area contributed by atoms with Crippen LogP contribution in [0.5, 0.6) is 0 Å². The first-order valence-electron chi connectivity index (χ1n) is 12.0. The van der Waals surface area contributed by atoms with E-state index in [9.17, 15) is 0 Å². The topological polar surface area (TPSA) is 49.9 Å². The average Bonchev–Trinajstić information content (AvgIpc) is 3.69. The molecule has 2 aromatic rings. The fourth-order valence-corrected chi connectivity index (χ4v) is 10.5. The van der Waals surface area contributed by atoms with Crippen LogP contribution >= 0.6 is 0 Å². The summed E-state index contributed by atoms with van der Waals surface area (Å²) >= 11 is -0.648. The summed E-state index contributed by atoms with van der Waals surface area (Å²) in [4.78, 5) is 9.75. The van der Waals surface area contributed by atoms with E-state index in [2.05, 4.69) is 68.1 Å². The Morgan fingerprint density at radius 3 is 1.14 bits per heavy atom. The Morgan fingerprint density at radius 1 is 0.514 bits per heavy atom. The van der Waals surface area contributed by atoms with Crippen LogP contribution in [-0.2, 0) is 36.6 Å². The molecule has 0 saturated carbocycles. The molecule has 0 aliphatic carbocycles. The summed E-state index contributed by atoms with van der Waals surface area (Å²) < 4.78 is 28.2. The second-order valence-electron chi connectivity index (χ2n) is 9.91. The molecule has 4 fully saturated rings. The summed E-state index contributed by atoms with van der Waals surface area (Å²) in [5, 5.41) is 0. The van der Waals surface area contributed by atoms with Gasteiger partial charge in [-0.15, -0.1) is 0 Å². The minimum absolute atomic E-state index is 0.143. The Hall–Kier alpha value is -3.25. The van der Waals surface area contributed by atoms with Gasteiger partial charge < -0.3 is 0 Å². The molecule has 178 valence electrons. The van der Waals surface area contributed by atoms with Crippen molar-refractivity contribution in [3.05, 3.63) is 94.3 Å². The molecule has 4 unspecified atom stereocenters. The van der Waals surface area contributed by atoms with Crippen molar-refractivity contribution in [2.75, 3.05) is 26.4 Å². The van der Waals surface area contributed by atoms with Gasteiger partial charge in [-0.3, -0.25) is 0 Å². The van der Waals surface area contributed by atoms with E-state index in [1.807, 2.05) is 0 Å². The number of nitrogens with zero attached hydrogens (tertiary/aromatic N) is 4. The van der Waals surface area contributed by atoms with E-state index in [-0.39, 0.29) is 24.2 Å². The average molecular weight is 648 g/mol. The summed E-state index contributed by atoms with van der Waals surface area (Å²) in [7, 11) is 0. The molecular weight excluding hydrogens is 627 g/mol. The number of benzene rings is 2. The van der Waals surface area contributed by atoms with Gasteiger partial charge in [-0.1, -0.05) is 0 Å². The summed E-state index contributed by atoms with van der Waals surface area (Å²) in [6.45, 7) is 2.55. The molecule has 0 spiro atoms. The Bertz CT molecular complexity index is 1320. The van der Waals surface area contributed by atoms with Crippen molar-refractivity contribution in [2.24, 2.45) is 0 Å². The summed E-state index contributed by atoms with van der Waals surface area (Å²) in [5.41, 5.74) is 5.13. The van der Waals surface area contributed by atoms with Gasteiger partial charge in [0.25, 0.3) is 0 Å². The van der Waals surface area contributed by atoms with Gasteiger partial charge in [0, 0.05) is 0 Å². The maximum absolute atomic E-state index is 6.39. The van der Waals surface area contributed by atoms with E-state index in [1.165, 1.54) is 30.5 Å². The molecule has 0 aromatic heterocycles. The summed E-state index contributed by atoms with van der Waals surface area (Å²) in [6, 6.07) is 18.6. The van der Waals surface area contributed by atoms with Gasteiger partial charge in [-0.25, -0.2) is 0 Å². The molecule has 35 heavy (non-hydrogen) atoms. The van der Waals surface area contributed by atoms with Gasteiger partial charge in [0.2, 0.25) is 0 Å². The molecule has 9 heteroatoms. The van der Waals surface area contributed by atoms with Crippen LogP contribution in [0.4, 0.5) is 0 Å². The Morgan fingerprint density at radius 2 is 0.829 bits per heavy atom. The first-order valence-corrected chi connectivity index (χ1v) is 14.3. The van der Waals surface area contributed by atoms with E-state index in [0.717, 1.165) is 23.5 Å². The molecule has 6 bridgehead atoms. The Balaban J connectivity index is 1.35. The van der Waals surface area contributed by atoms with Crippen LogP contribution in [0.25, 0.3) is 0 Å². The molecule has 8 aliphatic rings. The van der Waals surface area contributed by atoms with E-state index < -0.39 is 17.6 Å². The van der Waals surface area contributed by atoms with Crippen molar-refractivity contribution in [3.63, 3.8) is 0 Å². The number of ether oxygens (including phenoxy) is 4. The molecule has 0 amide bonds. The van der Waals surface area contributed by atoms with Gasteiger partial charge in [0.05, 0.1) is 0 Å². The third-order valence-corrected chi connectivity index (χ3v) is 11.4. The van der Waals surface area contributed by atoms with Crippen molar-refractivity contribution in [3.8, 4) is 0 Å². The molecule has 8 heterocycles. The third-order valence-electron chi connectivity index (χ3n) is 8.24. The Kier molecular flexibility index (Phi) is 3.06. The van der Waals surface area contributed by atoms with Gasteiger partial charge in [-0.05, 0) is 0 Å². The third kappa shape index (κ3) is 2.00. The van der Waals surface area contributed by atoms with E-state index in [4.69, 9.17) is 18.9 Å². The number of rotatable bonds is 0. The molecule has 10 rings (SSSR count). The van der Waals surface area contributed by atoms with Crippen molar-refractivity contribution in [1.29, 1.82) is 0 Å². The normalized spacial score (nSPS) is 32.0. The van der Waals surface area contributed by atoms with E-state index in [0.29, 0.717) is 26.4 Å². The van der Waals surface area contributed by atoms with Crippen molar-refractivity contribution < 1.29 is 36.6 Å². The molecule has 4 saturated heterocycles. The van der Waals surface area contributed by atoms with Crippen LogP contribution in [0.15, 0.2) is 72.1 Å². The maximum atomic E-state index is 6.39. The first kappa shape index (κ1) is 18.1. The number of hydrogen-bond donors (Lipinski definition) is 0. The molecule has 4 atom stereocenters. The molecule has 2 aromatic carbocycles. The van der Waals surface area contributed by atoms with Crippen LogP contribution in [0.3, 0.4) is 0 Å². The summed E-state index contributed by atoms with van der Waals surface area (Å²) in [6.07, 6.45) is 0. The molecule has 0 radical (unpaired) electrons. The standard InChI is InChI=1S/C26H20N4O4.Pt/c1-3-15-7-16(4-1)20-10-32-24-26-30(14-28(20)24)22(12-34-26)18-6-2-5-17(8-18)21-11-33-25-23-27(13-29(21)25)19(15)9-31-23;/h1-8,19-22H,9-12H2;. The molecular formula is C26H20N4O4Pt. The second-order valence-corrected chi connectivity index (χ2v) is 12.5. The second kappa shape index (κ2) is 5.93. The molecule has 0 N–H and O–H groups in total. The Labute approximate surface area is 209 Å². The first-order chi connectivity index (χ1) is 17.3. The van der Waals surface area contributed by atoms with Gasteiger partial charge in [-0.2, -0.15) is 0 Å². The van der Waals surface area contributed by atoms with E-state index in [1.54, 1.807) is 0 Å². The fourth-order valence-electron chi connectivity index (χ4n) is 6.60.